The van der Waals surface area contributed by atoms with Crippen molar-refractivity contribution < 1.29 is 19.4 Å². The van der Waals surface area contributed by atoms with Crippen molar-refractivity contribution in [2.45, 2.75) is 18.6 Å². The Labute approximate surface area is 169 Å². The minimum atomic E-state index is -1.90. The zero-order valence-electron chi connectivity index (χ0n) is 16.0. The fourth-order valence-electron chi connectivity index (χ4n) is 3.73. The molecule has 0 saturated heterocycles. The molecule has 1 heterocycles. The summed E-state index contributed by atoms with van der Waals surface area (Å²) in [6.45, 7) is 0.326. The molecule has 3 aromatic carbocycles. The summed E-state index contributed by atoms with van der Waals surface area (Å²) in [6.07, 6.45) is -0.332. The second-order valence-electron chi connectivity index (χ2n) is 7.09. The van der Waals surface area contributed by atoms with Gasteiger partial charge in [-0.15, -0.1) is 0 Å². The molecule has 29 heavy (non-hydrogen) atoms. The third-order valence-corrected chi connectivity index (χ3v) is 5.23. The summed E-state index contributed by atoms with van der Waals surface area (Å²) in [6, 6.07) is 23.4. The Hall–Kier alpha value is -3.44. The first-order valence-corrected chi connectivity index (χ1v) is 9.38. The first-order valence-electron chi connectivity index (χ1n) is 9.38. The highest BCUT2D eigenvalue weighted by Gasteiger charge is 2.50. The molecule has 0 unspecified atom stereocenters. The molecule has 0 aliphatic carbocycles. The van der Waals surface area contributed by atoms with Gasteiger partial charge < -0.3 is 14.7 Å². The van der Waals surface area contributed by atoms with Crippen molar-refractivity contribution in [3.8, 4) is 5.75 Å². The third-order valence-electron chi connectivity index (χ3n) is 5.23. The van der Waals surface area contributed by atoms with Gasteiger partial charge in [0.05, 0.1) is 25.8 Å². The van der Waals surface area contributed by atoms with Crippen LogP contribution in [0.2, 0.25) is 0 Å². The van der Waals surface area contributed by atoms with Crippen LogP contribution in [0.3, 0.4) is 0 Å². The van der Waals surface area contributed by atoms with Crippen molar-refractivity contribution in [3.05, 3.63) is 95.6 Å². The van der Waals surface area contributed by atoms with E-state index < -0.39 is 11.5 Å². The van der Waals surface area contributed by atoms with Crippen molar-refractivity contribution in [2.24, 2.45) is 0 Å². The van der Waals surface area contributed by atoms with Crippen LogP contribution in [0.15, 0.2) is 78.9 Å². The second kappa shape index (κ2) is 7.53. The molecular weight excluding hydrogens is 366 g/mol. The molecule has 0 aromatic heterocycles. The number of ketones is 1. The Balaban J connectivity index is 1.67. The maximum Gasteiger partial charge on any atom is 0.264 e. The quantitative estimate of drug-likeness (QED) is 0.655. The summed E-state index contributed by atoms with van der Waals surface area (Å²) in [5.74, 6) is -0.262. The predicted molar refractivity (Wildman–Crippen MR) is 110 cm³/mol. The Morgan fingerprint density at radius 1 is 1.00 bits per heavy atom. The van der Waals surface area contributed by atoms with Crippen molar-refractivity contribution in [1.82, 2.24) is 0 Å². The molecule has 1 aliphatic rings. The van der Waals surface area contributed by atoms with Gasteiger partial charge in [-0.2, -0.15) is 0 Å². The average Bonchev–Trinajstić information content (AvgIpc) is 2.96. The summed E-state index contributed by atoms with van der Waals surface area (Å²) in [7, 11) is 1.52. The highest BCUT2D eigenvalue weighted by atomic mass is 16.5. The second-order valence-corrected chi connectivity index (χ2v) is 7.09. The molecule has 5 heteroatoms. The van der Waals surface area contributed by atoms with Crippen molar-refractivity contribution in [3.63, 3.8) is 0 Å². The molecule has 3 aromatic rings. The summed E-state index contributed by atoms with van der Waals surface area (Å²) in [5.41, 5.74) is 0.522. The lowest BCUT2D eigenvalue weighted by Gasteiger charge is -2.23. The van der Waals surface area contributed by atoms with Crippen LogP contribution in [0.4, 0.5) is 5.69 Å². The molecule has 0 fully saturated rings. The van der Waals surface area contributed by atoms with Gasteiger partial charge in [0.15, 0.2) is 11.4 Å². The molecule has 0 bridgehead atoms. The van der Waals surface area contributed by atoms with Crippen LogP contribution >= 0.6 is 0 Å². The van der Waals surface area contributed by atoms with E-state index in [0.717, 1.165) is 5.56 Å². The maximum absolute atomic E-state index is 13.3. The average molecular weight is 387 g/mol. The number of Topliss-reactive ketones (excluding diaryl/α,β-unsaturated/α-hetero) is 1. The van der Waals surface area contributed by atoms with E-state index in [9.17, 15) is 14.7 Å². The minimum Gasteiger partial charge on any atom is -0.497 e. The summed E-state index contributed by atoms with van der Waals surface area (Å²) in [5, 5.41) is 11.4. The van der Waals surface area contributed by atoms with E-state index >= 15 is 0 Å². The highest BCUT2D eigenvalue weighted by Crippen LogP contribution is 2.43. The summed E-state index contributed by atoms with van der Waals surface area (Å²) >= 11 is 0. The van der Waals surface area contributed by atoms with Gasteiger partial charge in [-0.1, -0.05) is 60.7 Å². The Morgan fingerprint density at radius 2 is 1.72 bits per heavy atom. The molecule has 1 amide bonds. The lowest BCUT2D eigenvalue weighted by atomic mass is 9.88. The first kappa shape index (κ1) is 18.9. The predicted octanol–water partition coefficient (Wildman–Crippen LogP) is 3.70. The normalized spacial score (nSPS) is 17.9. The number of hydrogen-bond acceptors (Lipinski definition) is 4. The molecule has 5 nitrogen and oxygen atoms in total. The highest BCUT2D eigenvalue weighted by molar-refractivity contribution is 6.10. The number of amides is 1. The van der Waals surface area contributed by atoms with Crippen molar-refractivity contribution >= 4 is 17.4 Å². The van der Waals surface area contributed by atoms with E-state index in [1.54, 1.807) is 47.4 Å². The molecule has 146 valence electrons. The van der Waals surface area contributed by atoms with E-state index in [1.807, 2.05) is 36.4 Å². The molecule has 1 atom stereocenters. The smallest absolute Gasteiger partial charge is 0.264 e. The van der Waals surface area contributed by atoms with Gasteiger partial charge in [0.25, 0.3) is 5.91 Å². The molecule has 1 aliphatic heterocycles. The number of aliphatic hydroxyl groups is 1. The van der Waals surface area contributed by atoms with Gasteiger partial charge in [0.1, 0.15) is 5.75 Å². The van der Waals surface area contributed by atoms with E-state index in [1.165, 1.54) is 7.11 Å². The molecule has 4 rings (SSSR count). The number of fused-ring (bicyclic) bond motifs is 1. The Morgan fingerprint density at radius 3 is 2.48 bits per heavy atom. The number of methoxy groups -OCH3 is 1. The number of carbonyl (C=O) groups excluding carboxylic acids is 2. The first-order chi connectivity index (χ1) is 14.0. The van der Waals surface area contributed by atoms with Crippen LogP contribution in [0.5, 0.6) is 5.75 Å². The number of hydrogen-bond donors (Lipinski definition) is 1. The molecular formula is C24H21NO4. The SMILES string of the molecule is COc1cccc(C(=O)C[C@]2(O)C(=O)N(Cc3ccccc3)c3ccccc32)c1. The monoisotopic (exact) mass is 387 g/mol. The van der Waals surface area contributed by atoms with Crippen LogP contribution < -0.4 is 9.64 Å². The lowest BCUT2D eigenvalue weighted by molar-refractivity contribution is -0.136. The van der Waals surface area contributed by atoms with E-state index in [0.29, 0.717) is 29.1 Å². The summed E-state index contributed by atoms with van der Waals surface area (Å²) < 4.78 is 5.17. The Bertz CT molecular complexity index is 1060. The standard InChI is InChI=1S/C24H21NO4/c1-29-19-11-7-10-18(14-19)22(26)15-24(28)20-12-5-6-13-21(20)25(23(24)27)16-17-8-3-2-4-9-17/h2-14,28H,15-16H2,1H3/t24-/m1/s1. The lowest BCUT2D eigenvalue weighted by Crippen LogP contribution is -2.41. The maximum atomic E-state index is 13.3. The van der Waals surface area contributed by atoms with Crippen molar-refractivity contribution in [2.75, 3.05) is 12.0 Å². The number of benzene rings is 3. The zero-order valence-corrected chi connectivity index (χ0v) is 16.0. The molecule has 0 saturated carbocycles. The number of ether oxygens (including phenoxy) is 1. The van der Waals surface area contributed by atoms with E-state index in [4.69, 9.17) is 4.74 Å². The third kappa shape index (κ3) is 3.41. The molecule has 1 N–H and O–H groups in total. The van der Waals surface area contributed by atoms with Crippen LogP contribution in [-0.2, 0) is 16.9 Å². The minimum absolute atomic E-state index is 0.323. The number of anilines is 1. The van der Waals surface area contributed by atoms with Gasteiger partial charge in [0.2, 0.25) is 0 Å². The fourth-order valence-corrected chi connectivity index (χ4v) is 3.73. The Kier molecular flexibility index (Phi) is 4.91. The summed E-state index contributed by atoms with van der Waals surface area (Å²) in [4.78, 5) is 27.7. The van der Waals surface area contributed by atoms with Crippen LogP contribution in [0, 0.1) is 0 Å². The number of rotatable bonds is 6. The molecule has 0 spiro atoms. The molecule has 0 radical (unpaired) electrons. The van der Waals surface area contributed by atoms with E-state index in [2.05, 4.69) is 0 Å². The van der Waals surface area contributed by atoms with Gasteiger partial charge in [-0.25, -0.2) is 0 Å². The van der Waals surface area contributed by atoms with E-state index in [-0.39, 0.29) is 12.2 Å². The van der Waals surface area contributed by atoms with Crippen LogP contribution in [-0.4, -0.2) is 23.9 Å². The largest absolute Gasteiger partial charge is 0.497 e. The van der Waals surface area contributed by atoms with Gasteiger partial charge in [-0.3, -0.25) is 9.59 Å². The zero-order chi connectivity index (χ0) is 20.4. The topological polar surface area (TPSA) is 66.8 Å². The number of carbonyl (C=O) groups is 2. The van der Waals surface area contributed by atoms with Crippen molar-refractivity contribution in [1.29, 1.82) is 0 Å². The van der Waals surface area contributed by atoms with Crippen LogP contribution in [0.1, 0.15) is 27.9 Å². The number of nitrogens with zero attached hydrogens (tertiary/aromatic N) is 1. The fraction of sp³-hybridized carbons (Fsp3) is 0.167. The van der Waals surface area contributed by atoms with Gasteiger partial charge in [0, 0.05) is 11.1 Å². The van der Waals surface area contributed by atoms with Crippen LogP contribution in [0.25, 0.3) is 0 Å². The number of para-hydroxylation sites is 1. The van der Waals surface area contributed by atoms with Gasteiger partial charge in [-0.05, 0) is 23.8 Å². The van der Waals surface area contributed by atoms with Gasteiger partial charge >= 0.3 is 0 Å².